The Balaban J connectivity index is 1.61. The molecule has 6 heteroatoms. The third kappa shape index (κ3) is 4.06. The van der Waals surface area contributed by atoms with Crippen LogP contribution in [0.15, 0.2) is 0 Å². The topological polar surface area (TPSA) is 38.3 Å². The summed E-state index contributed by atoms with van der Waals surface area (Å²) < 4.78 is 45.7. The van der Waals surface area contributed by atoms with Gasteiger partial charge in [0, 0.05) is 18.6 Å². The van der Waals surface area contributed by atoms with Crippen LogP contribution < -0.4 is 5.32 Å². The monoisotopic (exact) mass is 347 g/mol. The Kier molecular flexibility index (Phi) is 5.42. The molecule has 0 aromatic rings. The molecule has 2 aliphatic carbocycles. The molecule has 0 radical (unpaired) electrons. The van der Waals surface area contributed by atoms with E-state index in [-0.39, 0.29) is 18.1 Å². The minimum absolute atomic E-state index is 0.0415. The molecule has 3 fully saturated rings. The van der Waals surface area contributed by atoms with Crippen molar-refractivity contribution in [2.75, 3.05) is 6.61 Å². The number of ether oxygens (including phenoxy) is 1. The SMILES string of the molecule is O=C(NC1CCOC2(CCCCC2)C1)C1CCCCC1C(F)(F)F. The fourth-order valence-corrected chi connectivity index (χ4v) is 4.84. The van der Waals surface area contributed by atoms with E-state index < -0.39 is 23.9 Å². The number of rotatable bonds is 2. The molecule has 0 aromatic heterocycles. The van der Waals surface area contributed by atoms with E-state index in [0.717, 1.165) is 32.1 Å². The maximum atomic E-state index is 13.2. The number of carbonyl (C=O) groups is 1. The predicted molar refractivity (Wildman–Crippen MR) is 84.4 cm³/mol. The van der Waals surface area contributed by atoms with Crippen molar-refractivity contribution in [1.29, 1.82) is 0 Å². The summed E-state index contributed by atoms with van der Waals surface area (Å²) in [5, 5.41) is 2.94. The Morgan fingerprint density at radius 3 is 2.42 bits per heavy atom. The second kappa shape index (κ2) is 7.22. The molecule has 3 nitrogen and oxygen atoms in total. The van der Waals surface area contributed by atoms with Crippen molar-refractivity contribution >= 4 is 5.91 Å². The maximum Gasteiger partial charge on any atom is 0.392 e. The fraction of sp³-hybridized carbons (Fsp3) is 0.944. The van der Waals surface area contributed by atoms with Crippen LogP contribution >= 0.6 is 0 Å². The summed E-state index contributed by atoms with van der Waals surface area (Å²) in [5.74, 6) is -2.78. The minimum atomic E-state index is -4.28. The number of hydrogen-bond donors (Lipinski definition) is 1. The Labute approximate surface area is 141 Å². The number of carbonyl (C=O) groups excluding carboxylic acids is 1. The number of alkyl halides is 3. The van der Waals surface area contributed by atoms with Gasteiger partial charge < -0.3 is 10.1 Å². The third-order valence-electron chi connectivity index (χ3n) is 6.13. The van der Waals surface area contributed by atoms with Gasteiger partial charge in [-0.3, -0.25) is 4.79 Å². The fourth-order valence-electron chi connectivity index (χ4n) is 4.84. The summed E-state index contributed by atoms with van der Waals surface area (Å²) in [6.45, 7) is 0.596. The average molecular weight is 347 g/mol. The van der Waals surface area contributed by atoms with E-state index in [2.05, 4.69) is 5.32 Å². The first-order valence-electron chi connectivity index (χ1n) is 9.41. The van der Waals surface area contributed by atoms with Crippen molar-refractivity contribution in [3.8, 4) is 0 Å². The second-order valence-corrected chi connectivity index (χ2v) is 7.83. The lowest BCUT2D eigenvalue weighted by atomic mass is 9.76. The highest BCUT2D eigenvalue weighted by Crippen LogP contribution is 2.42. The van der Waals surface area contributed by atoms with Gasteiger partial charge >= 0.3 is 6.18 Å². The van der Waals surface area contributed by atoms with Crippen molar-refractivity contribution in [3.63, 3.8) is 0 Å². The zero-order valence-corrected chi connectivity index (χ0v) is 14.2. The first-order valence-corrected chi connectivity index (χ1v) is 9.41. The molecular formula is C18H28F3NO2. The van der Waals surface area contributed by atoms with E-state index in [4.69, 9.17) is 4.74 Å². The van der Waals surface area contributed by atoms with Crippen molar-refractivity contribution in [2.24, 2.45) is 11.8 Å². The molecule has 3 aliphatic rings. The van der Waals surface area contributed by atoms with Gasteiger partial charge in [-0.25, -0.2) is 0 Å². The number of nitrogens with one attached hydrogen (secondary N) is 1. The summed E-state index contributed by atoms with van der Waals surface area (Å²) in [4.78, 5) is 12.5. The average Bonchev–Trinajstić information content (AvgIpc) is 2.55. The van der Waals surface area contributed by atoms with E-state index >= 15 is 0 Å². The first kappa shape index (κ1) is 18.0. The van der Waals surface area contributed by atoms with Gasteiger partial charge in [0.2, 0.25) is 5.91 Å². The third-order valence-corrected chi connectivity index (χ3v) is 6.13. The van der Waals surface area contributed by atoms with Crippen LogP contribution in [0.4, 0.5) is 13.2 Å². The minimum Gasteiger partial charge on any atom is -0.375 e. The standard InChI is InChI=1S/C18H28F3NO2/c19-18(20,21)15-7-3-2-6-14(15)16(23)22-13-8-11-24-17(12-13)9-4-1-5-10-17/h13-15H,1-12H2,(H,22,23). The van der Waals surface area contributed by atoms with Gasteiger partial charge in [0.25, 0.3) is 0 Å². The first-order chi connectivity index (χ1) is 11.4. The van der Waals surface area contributed by atoms with Gasteiger partial charge in [-0.2, -0.15) is 13.2 Å². The molecule has 3 rings (SSSR count). The Hall–Kier alpha value is -0.780. The van der Waals surface area contributed by atoms with E-state index in [0.29, 0.717) is 32.3 Å². The summed E-state index contributed by atoms with van der Waals surface area (Å²) in [5.41, 5.74) is -0.148. The van der Waals surface area contributed by atoms with Gasteiger partial charge in [-0.1, -0.05) is 32.1 Å². The molecule has 0 aromatic carbocycles. The highest BCUT2D eigenvalue weighted by atomic mass is 19.4. The van der Waals surface area contributed by atoms with Crippen molar-refractivity contribution in [1.82, 2.24) is 5.32 Å². The Morgan fingerprint density at radius 1 is 1.00 bits per heavy atom. The van der Waals surface area contributed by atoms with Crippen LogP contribution in [0.1, 0.15) is 70.6 Å². The summed E-state index contributed by atoms with van der Waals surface area (Å²) in [6.07, 6.45) is 4.40. The zero-order chi connectivity index (χ0) is 17.2. The zero-order valence-electron chi connectivity index (χ0n) is 14.2. The van der Waals surface area contributed by atoms with Gasteiger partial charge in [0.15, 0.2) is 0 Å². The predicted octanol–water partition coefficient (Wildman–Crippen LogP) is 4.35. The highest BCUT2D eigenvalue weighted by Gasteiger charge is 2.48. The van der Waals surface area contributed by atoms with E-state index in [1.165, 1.54) is 6.42 Å². The second-order valence-electron chi connectivity index (χ2n) is 7.83. The molecule has 0 bridgehead atoms. The molecule has 24 heavy (non-hydrogen) atoms. The molecule has 1 aliphatic heterocycles. The van der Waals surface area contributed by atoms with Crippen molar-refractivity contribution in [2.45, 2.75) is 88.4 Å². The number of hydrogen-bond acceptors (Lipinski definition) is 2. The molecule has 3 atom stereocenters. The molecule has 1 saturated heterocycles. The van der Waals surface area contributed by atoms with Gasteiger partial charge in [0.1, 0.15) is 0 Å². The molecule has 1 spiro atoms. The van der Waals surface area contributed by atoms with E-state index in [1.807, 2.05) is 0 Å². The molecule has 138 valence electrons. The lowest BCUT2D eigenvalue weighted by molar-refractivity contribution is -0.198. The normalized spacial score (nSPS) is 34.0. The van der Waals surface area contributed by atoms with Crippen LogP contribution in [0, 0.1) is 11.8 Å². The molecule has 1 heterocycles. The summed E-state index contributed by atoms with van der Waals surface area (Å²) >= 11 is 0. The molecule has 3 unspecified atom stereocenters. The smallest absolute Gasteiger partial charge is 0.375 e. The van der Waals surface area contributed by atoms with Crippen LogP contribution in [-0.4, -0.2) is 30.3 Å². The molecule has 2 saturated carbocycles. The molecular weight excluding hydrogens is 319 g/mol. The summed E-state index contributed by atoms with van der Waals surface area (Å²) in [7, 11) is 0. The van der Waals surface area contributed by atoms with Crippen LogP contribution in [0.25, 0.3) is 0 Å². The van der Waals surface area contributed by atoms with Gasteiger partial charge in [-0.05, 0) is 38.5 Å². The van der Waals surface area contributed by atoms with Gasteiger partial charge in [-0.15, -0.1) is 0 Å². The quantitative estimate of drug-likeness (QED) is 0.806. The number of halogens is 3. The number of amides is 1. The van der Waals surface area contributed by atoms with E-state index in [1.54, 1.807) is 0 Å². The maximum absolute atomic E-state index is 13.2. The Morgan fingerprint density at radius 2 is 1.71 bits per heavy atom. The van der Waals surface area contributed by atoms with Gasteiger partial charge in [0.05, 0.1) is 11.5 Å². The largest absolute Gasteiger partial charge is 0.392 e. The van der Waals surface area contributed by atoms with Crippen LogP contribution in [0.5, 0.6) is 0 Å². The van der Waals surface area contributed by atoms with Crippen LogP contribution in [0.2, 0.25) is 0 Å². The van der Waals surface area contributed by atoms with E-state index in [9.17, 15) is 18.0 Å². The molecule has 1 amide bonds. The van der Waals surface area contributed by atoms with Crippen LogP contribution in [-0.2, 0) is 9.53 Å². The lowest BCUT2D eigenvalue weighted by Gasteiger charge is -2.44. The Bertz CT molecular complexity index is 441. The molecule has 1 N–H and O–H groups in total. The van der Waals surface area contributed by atoms with Crippen molar-refractivity contribution < 1.29 is 22.7 Å². The highest BCUT2D eigenvalue weighted by molar-refractivity contribution is 5.79. The van der Waals surface area contributed by atoms with Crippen LogP contribution in [0.3, 0.4) is 0 Å². The van der Waals surface area contributed by atoms with Crippen molar-refractivity contribution in [3.05, 3.63) is 0 Å². The summed E-state index contributed by atoms with van der Waals surface area (Å²) in [6, 6.07) is -0.0415. The lowest BCUT2D eigenvalue weighted by Crippen LogP contribution is -2.52.